The van der Waals surface area contributed by atoms with Crippen LogP contribution in [0.5, 0.6) is 0 Å². The molecule has 0 aromatic carbocycles. The molecule has 1 aromatic rings. The van der Waals surface area contributed by atoms with E-state index in [1.165, 1.54) is 11.3 Å². The Balaban J connectivity index is 2.66. The van der Waals surface area contributed by atoms with E-state index >= 15 is 0 Å². The first kappa shape index (κ1) is 16.9. The molecule has 0 aliphatic heterocycles. The third kappa shape index (κ3) is 5.88. The number of anilines is 1. The van der Waals surface area contributed by atoms with Gasteiger partial charge in [0.2, 0.25) is 0 Å². The molecule has 0 fully saturated rings. The number of hydrogen-bond acceptors (Lipinski definition) is 4. The normalized spacial score (nSPS) is 11.1. The molecule has 1 aromatic heterocycles. The van der Waals surface area contributed by atoms with Gasteiger partial charge in [0.25, 0.3) is 0 Å². The van der Waals surface area contributed by atoms with E-state index in [9.17, 15) is 0 Å². The fraction of sp³-hybridized carbons (Fsp3) is 0.688. The summed E-state index contributed by atoms with van der Waals surface area (Å²) in [6.07, 6.45) is 3.41. The first-order valence-corrected chi connectivity index (χ1v) is 7.53. The zero-order valence-corrected chi connectivity index (χ0v) is 13.6. The lowest BCUT2D eigenvalue weighted by Gasteiger charge is -2.23. The summed E-state index contributed by atoms with van der Waals surface area (Å²) in [5.74, 6) is 0. The van der Waals surface area contributed by atoms with Crippen molar-refractivity contribution in [3.05, 3.63) is 23.5 Å². The molecule has 0 atom stereocenters. The van der Waals surface area contributed by atoms with Crippen LogP contribution in [0.1, 0.15) is 38.4 Å². The molecular weight excluding hydrogens is 250 g/mol. The van der Waals surface area contributed by atoms with E-state index in [0.29, 0.717) is 0 Å². The van der Waals surface area contributed by atoms with E-state index in [4.69, 9.17) is 4.74 Å². The maximum absolute atomic E-state index is 5.63. The molecule has 1 N–H and O–H groups in total. The van der Waals surface area contributed by atoms with Crippen molar-refractivity contribution in [3.8, 4) is 0 Å². The number of rotatable bonds is 9. The molecule has 20 heavy (non-hydrogen) atoms. The van der Waals surface area contributed by atoms with Gasteiger partial charge in [0.15, 0.2) is 0 Å². The van der Waals surface area contributed by atoms with Crippen LogP contribution in [0.3, 0.4) is 0 Å². The fourth-order valence-electron chi connectivity index (χ4n) is 2.01. The monoisotopic (exact) mass is 279 g/mol. The molecular formula is C16H29N3O. The molecule has 1 heterocycles. The summed E-state index contributed by atoms with van der Waals surface area (Å²) in [7, 11) is 2.11. The van der Waals surface area contributed by atoms with Crippen LogP contribution < -0.4 is 10.2 Å². The Labute approximate surface area is 123 Å². The number of hydrogen-bond donors (Lipinski definition) is 1. The van der Waals surface area contributed by atoms with Crippen LogP contribution in [0, 0.1) is 6.92 Å². The van der Waals surface area contributed by atoms with Gasteiger partial charge in [-0.25, -0.2) is 0 Å². The molecule has 0 saturated heterocycles. The van der Waals surface area contributed by atoms with Gasteiger partial charge in [-0.3, -0.25) is 4.98 Å². The topological polar surface area (TPSA) is 37.4 Å². The van der Waals surface area contributed by atoms with Crippen molar-refractivity contribution >= 4 is 5.69 Å². The molecule has 0 amide bonds. The van der Waals surface area contributed by atoms with Crippen molar-refractivity contribution < 1.29 is 4.74 Å². The van der Waals surface area contributed by atoms with Crippen LogP contribution in [0.4, 0.5) is 5.69 Å². The Bertz CT molecular complexity index is 393. The van der Waals surface area contributed by atoms with Crippen molar-refractivity contribution in [3.63, 3.8) is 0 Å². The molecule has 0 unspecified atom stereocenters. The van der Waals surface area contributed by atoms with E-state index < -0.39 is 0 Å². The summed E-state index contributed by atoms with van der Waals surface area (Å²) in [4.78, 5) is 6.66. The SMILES string of the molecule is CCCNCc1cnc(C)cc1N(C)CCOC(C)C. The maximum Gasteiger partial charge on any atom is 0.0644 e. The summed E-state index contributed by atoms with van der Waals surface area (Å²) in [6, 6.07) is 2.15. The highest BCUT2D eigenvalue weighted by molar-refractivity contribution is 5.53. The summed E-state index contributed by atoms with van der Waals surface area (Å²) in [6.45, 7) is 11.9. The van der Waals surface area contributed by atoms with Gasteiger partial charge in [-0.2, -0.15) is 0 Å². The first-order valence-electron chi connectivity index (χ1n) is 7.53. The summed E-state index contributed by atoms with van der Waals surface area (Å²) in [5, 5.41) is 3.44. The second-order valence-corrected chi connectivity index (χ2v) is 5.47. The van der Waals surface area contributed by atoms with Crippen molar-refractivity contribution in [1.29, 1.82) is 0 Å². The number of likely N-dealkylation sites (N-methyl/N-ethyl adjacent to an activating group) is 1. The number of nitrogens with zero attached hydrogens (tertiary/aromatic N) is 2. The van der Waals surface area contributed by atoms with Gasteiger partial charge in [0.1, 0.15) is 0 Å². The Morgan fingerprint density at radius 2 is 2.15 bits per heavy atom. The smallest absolute Gasteiger partial charge is 0.0644 e. The number of aryl methyl sites for hydroxylation is 1. The zero-order chi connectivity index (χ0) is 15.0. The number of pyridine rings is 1. The average Bonchev–Trinajstić information content (AvgIpc) is 2.40. The second-order valence-electron chi connectivity index (χ2n) is 5.47. The minimum absolute atomic E-state index is 0.285. The van der Waals surface area contributed by atoms with Crippen LogP contribution in [-0.4, -0.2) is 37.8 Å². The van der Waals surface area contributed by atoms with Crippen LogP contribution in [0.15, 0.2) is 12.3 Å². The Morgan fingerprint density at radius 3 is 2.80 bits per heavy atom. The van der Waals surface area contributed by atoms with Gasteiger partial charge in [-0.1, -0.05) is 6.92 Å². The minimum atomic E-state index is 0.285. The fourth-order valence-corrected chi connectivity index (χ4v) is 2.01. The highest BCUT2D eigenvalue weighted by Gasteiger charge is 2.09. The number of ether oxygens (including phenoxy) is 1. The van der Waals surface area contributed by atoms with Crippen LogP contribution in [0.25, 0.3) is 0 Å². The molecule has 0 radical (unpaired) electrons. The van der Waals surface area contributed by atoms with Crippen molar-refractivity contribution in [2.24, 2.45) is 0 Å². The average molecular weight is 279 g/mol. The highest BCUT2D eigenvalue weighted by atomic mass is 16.5. The largest absolute Gasteiger partial charge is 0.377 e. The predicted molar refractivity (Wildman–Crippen MR) is 85.3 cm³/mol. The van der Waals surface area contributed by atoms with E-state index in [2.05, 4.69) is 49.1 Å². The van der Waals surface area contributed by atoms with Crippen LogP contribution >= 0.6 is 0 Å². The van der Waals surface area contributed by atoms with Crippen LogP contribution in [-0.2, 0) is 11.3 Å². The third-order valence-electron chi connectivity index (χ3n) is 3.13. The molecule has 1 rings (SSSR count). The van der Waals surface area contributed by atoms with Crippen molar-refractivity contribution in [2.45, 2.75) is 46.8 Å². The molecule has 0 aliphatic rings. The zero-order valence-electron chi connectivity index (χ0n) is 13.6. The third-order valence-corrected chi connectivity index (χ3v) is 3.13. The second kappa shape index (κ2) is 8.93. The van der Waals surface area contributed by atoms with Gasteiger partial charge < -0.3 is 15.0 Å². The Hall–Kier alpha value is -1.13. The quantitative estimate of drug-likeness (QED) is 0.705. The van der Waals surface area contributed by atoms with Gasteiger partial charge in [-0.15, -0.1) is 0 Å². The lowest BCUT2D eigenvalue weighted by Crippen LogP contribution is -2.26. The Kier molecular flexibility index (Phi) is 7.55. The van der Waals surface area contributed by atoms with Gasteiger partial charge in [0.05, 0.1) is 12.7 Å². The molecule has 0 aliphatic carbocycles. The predicted octanol–water partition coefficient (Wildman–Crippen LogP) is 2.75. The molecule has 0 spiro atoms. The number of aromatic nitrogens is 1. The molecule has 4 nitrogen and oxygen atoms in total. The lowest BCUT2D eigenvalue weighted by atomic mass is 10.2. The molecule has 114 valence electrons. The van der Waals surface area contributed by atoms with Gasteiger partial charge in [-0.05, 0) is 39.8 Å². The van der Waals surface area contributed by atoms with Crippen LogP contribution in [0.2, 0.25) is 0 Å². The minimum Gasteiger partial charge on any atom is -0.377 e. The Morgan fingerprint density at radius 1 is 1.40 bits per heavy atom. The molecule has 0 saturated carbocycles. The van der Waals surface area contributed by atoms with E-state index in [1.54, 1.807) is 0 Å². The van der Waals surface area contributed by atoms with Gasteiger partial charge in [0, 0.05) is 43.3 Å². The van der Waals surface area contributed by atoms with Crippen molar-refractivity contribution in [2.75, 3.05) is 31.6 Å². The molecule has 4 heteroatoms. The lowest BCUT2D eigenvalue weighted by molar-refractivity contribution is 0.0846. The summed E-state index contributed by atoms with van der Waals surface area (Å²) in [5.41, 5.74) is 3.54. The highest BCUT2D eigenvalue weighted by Crippen LogP contribution is 2.19. The maximum atomic E-state index is 5.63. The van der Waals surface area contributed by atoms with E-state index in [-0.39, 0.29) is 6.10 Å². The molecule has 0 bridgehead atoms. The number of nitrogens with one attached hydrogen (secondary N) is 1. The van der Waals surface area contributed by atoms with E-state index in [0.717, 1.165) is 38.4 Å². The van der Waals surface area contributed by atoms with Gasteiger partial charge >= 0.3 is 0 Å². The van der Waals surface area contributed by atoms with Crippen molar-refractivity contribution in [1.82, 2.24) is 10.3 Å². The standard InChI is InChI=1S/C16H29N3O/c1-6-7-17-11-15-12-18-14(4)10-16(15)19(5)8-9-20-13(2)3/h10,12-13,17H,6-9,11H2,1-5H3. The first-order chi connectivity index (χ1) is 9.54. The summed E-state index contributed by atoms with van der Waals surface area (Å²) < 4.78 is 5.63. The van der Waals surface area contributed by atoms with E-state index in [1.807, 2.05) is 13.1 Å². The summed E-state index contributed by atoms with van der Waals surface area (Å²) >= 11 is 0.